The molecule has 0 saturated heterocycles. The van der Waals surface area contributed by atoms with Crippen LogP contribution in [-0.2, 0) is 10.6 Å². The Kier molecular flexibility index (Phi) is 5.51. The molecular formula is C10H9ClF2INO2. The highest BCUT2D eigenvalue weighted by Gasteiger charge is 2.24. The van der Waals surface area contributed by atoms with Crippen molar-refractivity contribution < 1.29 is 18.3 Å². The van der Waals surface area contributed by atoms with Gasteiger partial charge >= 0.3 is 5.97 Å². The predicted octanol–water partition coefficient (Wildman–Crippen LogP) is 3.54. The Bertz CT molecular complexity index is 429. The number of halogens is 4. The number of rotatable bonds is 4. The summed E-state index contributed by atoms with van der Waals surface area (Å²) in [4.78, 5) is 15.5. The van der Waals surface area contributed by atoms with Crippen molar-refractivity contribution in [1.29, 1.82) is 0 Å². The van der Waals surface area contributed by atoms with E-state index in [-0.39, 0.29) is 21.8 Å². The Morgan fingerprint density at radius 3 is 2.76 bits per heavy atom. The molecule has 1 rings (SSSR count). The number of carbonyl (C=O) groups excluding carboxylic acids is 1. The highest BCUT2D eigenvalue weighted by Crippen LogP contribution is 2.27. The topological polar surface area (TPSA) is 39.2 Å². The van der Waals surface area contributed by atoms with Crippen LogP contribution < -0.4 is 0 Å². The van der Waals surface area contributed by atoms with E-state index in [1.165, 1.54) is 0 Å². The second-order valence-corrected chi connectivity index (χ2v) is 4.31. The van der Waals surface area contributed by atoms with Crippen molar-refractivity contribution >= 4 is 40.2 Å². The van der Waals surface area contributed by atoms with Crippen LogP contribution in [-0.4, -0.2) is 17.6 Å². The molecule has 0 spiro atoms. The van der Waals surface area contributed by atoms with E-state index in [1.54, 1.807) is 29.5 Å². The van der Waals surface area contributed by atoms with Gasteiger partial charge in [-0.15, -0.1) is 11.6 Å². The molecule has 0 fully saturated rings. The van der Waals surface area contributed by atoms with Gasteiger partial charge in [-0.2, -0.15) is 0 Å². The molecule has 0 aliphatic carbocycles. The number of aromatic nitrogens is 1. The summed E-state index contributed by atoms with van der Waals surface area (Å²) in [5.74, 6) is -0.778. The van der Waals surface area contributed by atoms with Crippen molar-refractivity contribution in [3.63, 3.8) is 0 Å². The zero-order valence-corrected chi connectivity index (χ0v) is 11.8. The van der Waals surface area contributed by atoms with Gasteiger partial charge in [-0.05, 0) is 35.6 Å². The molecule has 0 aliphatic heterocycles. The number of alkyl halides is 3. The molecule has 0 atom stereocenters. The number of hydrogen-bond donors (Lipinski definition) is 0. The molecule has 0 N–H and O–H groups in total. The van der Waals surface area contributed by atoms with Crippen LogP contribution in [0.3, 0.4) is 0 Å². The second-order valence-electron chi connectivity index (χ2n) is 3.02. The average Bonchev–Trinajstić information content (AvgIpc) is 2.27. The first-order valence-corrected chi connectivity index (χ1v) is 6.33. The van der Waals surface area contributed by atoms with Crippen molar-refractivity contribution in [2.24, 2.45) is 0 Å². The van der Waals surface area contributed by atoms with Gasteiger partial charge in [0, 0.05) is 5.56 Å². The van der Waals surface area contributed by atoms with Gasteiger partial charge in [0.25, 0.3) is 6.43 Å². The molecule has 0 bridgehead atoms. The third kappa shape index (κ3) is 3.48. The third-order valence-corrected chi connectivity index (χ3v) is 2.96. The molecule has 0 amide bonds. The molecule has 1 aromatic rings. The molecule has 17 heavy (non-hydrogen) atoms. The lowest BCUT2D eigenvalue weighted by molar-refractivity contribution is 0.0513. The first-order valence-electron chi connectivity index (χ1n) is 4.71. The molecule has 0 aliphatic rings. The van der Waals surface area contributed by atoms with Crippen LogP contribution in [0, 0.1) is 3.70 Å². The molecule has 7 heteroatoms. The maximum Gasteiger partial charge on any atom is 0.341 e. The Morgan fingerprint density at radius 1 is 1.65 bits per heavy atom. The lowest BCUT2D eigenvalue weighted by atomic mass is 10.1. The van der Waals surface area contributed by atoms with Gasteiger partial charge in [-0.3, -0.25) is 0 Å². The first kappa shape index (κ1) is 14.6. The Balaban J connectivity index is 3.31. The lowest BCUT2D eigenvalue weighted by Crippen LogP contribution is -2.13. The summed E-state index contributed by atoms with van der Waals surface area (Å²) >= 11 is 7.26. The van der Waals surface area contributed by atoms with Crippen molar-refractivity contribution in [2.45, 2.75) is 19.2 Å². The lowest BCUT2D eigenvalue weighted by Gasteiger charge is -2.11. The SMILES string of the molecule is CCOC(=O)c1c(C(F)F)cc(CCl)nc1I. The molecule has 1 aromatic heterocycles. The smallest absolute Gasteiger partial charge is 0.341 e. The maximum atomic E-state index is 12.8. The van der Waals surface area contributed by atoms with Gasteiger partial charge < -0.3 is 4.74 Å². The van der Waals surface area contributed by atoms with E-state index in [9.17, 15) is 13.6 Å². The zero-order chi connectivity index (χ0) is 13.0. The number of pyridine rings is 1. The van der Waals surface area contributed by atoms with Gasteiger partial charge in [0.2, 0.25) is 0 Å². The fraction of sp³-hybridized carbons (Fsp3) is 0.400. The van der Waals surface area contributed by atoms with Gasteiger partial charge in [0.15, 0.2) is 0 Å². The number of esters is 1. The fourth-order valence-corrected chi connectivity index (χ4v) is 2.21. The number of nitrogens with zero attached hydrogens (tertiary/aromatic N) is 1. The molecule has 3 nitrogen and oxygen atoms in total. The summed E-state index contributed by atoms with van der Waals surface area (Å²) in [6.07, 6.45) is -2.77. The van der Waals surface area contributed by atoms with E-state index < -0.39 is 18.0 Å². The summed E-state index contributed by atoms with van der Waals surface area (Å²) in [6, 6.07) is 1.13. The highest BCUT2D eigenvalue weighted by molar-refractivity contribution is 14.1. The minimum absolute atomic E-state index is 0.0127. The normalized spacial score (nSPS) is 10.7. The van der Waals surface area contributed by atoms with Gasteiger partial charge in [0.1, 0.15) is 9.26 Å². The summed E-state index contributed by atoms with van der Waals surface area (Å²) in [7, 11) is 0. The Labute approximate surface area is 116 Å². The van der Waals surface area contributed by atoms with Crippen LogP contribution in [0.5, 0.6) is 0 Å². The monoisotopic (exact) mass is 375 g/mol. The third-order valence-electron chi connectivity index (χ3n) is 1.91. The van der Waals surface area contributed by atoms with E-state index in [1.807, 2.05) is 0 Å². The molecule has 0 aromatic carbocycles. The van der Waals surface area contributed by atoms with Gasteiger partial charge in [0.05, 0.1) is 18.2 Å². The number of carbonyl (C=O) groups is 1. The van der Waals surface area contributed by atoms with E-state index in [0.717, 1.165) is 6.07 Å². The maximum absolute atomic E-state index is 12.8. The van der Waals surface area contributed by atoms with Crippen LogP contribution >= 0.6 is 34.2 Å². The summed E-state index contributed by atoms with van der Waals surface area (Å²) < 4.78 is 30.6. The standard InChI is InChI=1S/C10H9ClF2INO2/c1-2-17-10(16)7-6(8(12)13)3-5(4-11)15-9(7)14/h3,8H,2,4H2,1H3. The molecular weight excluding hydrogens is 366 g/mol. The Morgan fingerprint density at radius 2 is 2.29 bits per heavy atom. The molecule has 0 unspecified atom stereocenters. The van der Waals surface area contributed by atoms with E-state index in [4.69, 9.17) is 16.3 Å². The summed E-state index contributed by atoms with van der Waals surface area (Å²) in [5.41, 5.74) is -0.269. The van der Waals surface area contributed by atoms with Crippen molar-refractivity contribution in [3.05, 3.63) is 26.6 Å². The molecule has 94 valence electrons. The van der Waals surface area contributed by atoms with Crippen molar-refractivity contribution in [1.82, 2.24) is 4.98 Å². The Hall–Kier alpha value is -0.500. The second kappa shape index (κ2) is 6.44. The molecule has 1 heterocycles. The minimum atomic E-state index is -2.77. The zero-order valence-electron chi connectivity index (χ0n) is 8.84. The number of ether oxygens (including phenoxy) is 1. The predicted molar refractivity (Wildman–Crippen MR) is 67.4 cm³/mol. The fourth-order valence-electron chi connectivity index (χ4n) is 1.23. The molecule has 0 saturated carbocycles. The van der Waals surface area contributed by atoms with E-state index in [2.05, 4.69) is 4.98 Å². The number of hydrogen-bond acceptors (Lipinski definition) is 3. The van der Waals surface area contributed by atoms with Gasteiger partial charge in [-0.25, -0.2) is 18.6 Å². The largest absolute Gasteiger partial charge is 0.462 e. The van der Waals surface area contributed by atoms with Crippen LogP contribution in [0.15, 0.2) is 6.07 Å². The quantitative estimate of drug-likeness (QED) is 0.350. The minimum Gasteiger partial charge on any atom is -0.462 e. The van der Waals surface area contributed by atoms with Crippen LogP contribution in [0.25, 0.3) is 0 Å². The van der Waals surface area contributed by atoms with Crippen LogP contribution in [0.2, 0.25) is 0 Å². The summed E-state index contributed by atoms with van der Waals surface area (Å²) in [5, 5.41) is 0. The van der Waals surface area contributed by atoms with Crippen LogP contribution in [0.4, 0.5) is 8.78 Å². The van der Waals surface area contributed by atoms with Crippen molar-refractivity contribution in [2.75, 3.05) is 6.61 Å². The van der Waals surface area contributed by atoms with E-state index in [0.29, 0.717) is 5.69 Å². The van der Waals surface area contributed by atoms with Crippen molar-refractivity contribution in [3.8, 4) is 0 Å². The van der Waals surface area contributed by atoms with Gasteiger partial charge in [-0.1, -0.05) is 0 Å². The first-order chi connectivity index (χ1) is 8.01. The van der Waals surface area contributed by atoms with E-state index >= 15 is 0 Å². The summed E-state index contributed by atoms with van der Waals surface area (Å²) in [6.45, 7) is 1.72. The average molecular weight is 376 g/mol. The highest BCUT2D eigenvalue weighted by atomic mass is 127. The van der Waals surface area contributed by atoms with Crippen LogP contribution in [0.1, 0.15) is 35.0 Å². The molecule has 0 radical (unpaired) electrons.